The molecule has 0 saturated heterocycles. The molecule has 2 aromatic heterocycles. The van der Waals surface area contributed by atoms with Gasteiger partial charge in [0.15, 0.2) is 0 Å². The Morgan fingerprint density at radius 1 is 1.05 bits per heavy atom. The van der Waals surface area contributed by atoms with E-state index in [4.69, 9.17) is 0 Å². The van der Waals surface area contributed by atoms with Crippen molar-refractivity contribution in [2.75, 3.05) is 0 Å². The van der Waals surface area contributed by atoms with Gasteiger partial charge in [-0.05, 0) is 11.6 Å². The molecule has 2 heterocycles. The molecule has 0 spiro atoms. The SMILES string of the molecule is Br.c1ccc(CSCc2cn3cccnc3n2)cc1. The van der Waals surface area contributed by atoms with E-state index in [9.17, 15) is 0 Å². The third-order valence-corrected chi connectivity index (χ3v) is 3.68. The molecule has 1 aromatic carbocycles. The van der Waals surface area contributed by atoms with Crippen LogP contribution in [-0.2, 0) is 11.5 Å². The van der Waals surface area contributed by atoms with Gasteiger partial charge in [-0.2, -0.15) is 11.8 Å². The Morgan fingerprint density at radius 3 is 2.68 bits per heavy atom. The van der Waals surface area contributed by atoms with Gasteiger partial charge in [0, 0.05) is 30.1 Å². The standard InChI is InChI=1S/C14H13N3S.BrH/c1-2-5-12(6-3-1)10-18-11-13-9-17-8-4-7-15-14(17)16-13;/h1-9H,10-11H2;1H. The molecule has 0 fully saturated rings. The van der Waals surface area contributed by atoms with E-state index in [2.05, 4.69) is 34.2 Å². The monoisotopic (exact) mass is 335 g/mol. The predicted octanol–water partition coefficient (Wildman–Crippen LogP) is 3.74. The van der Waals surface area contributed by atoms with Crippen molar-refractivity contribution in [3.8, 4) is 0 Å². The first-order valence-electron chi connectivity index (χ1n) is 5.82. The number of thioether (sulfide) groups is 1. The van der Waals surface area contributed by atoms with Gasteiger partial charge in [0.2, 0.25) is 5.78 Å². The molecule has 5 heteroatoms. The lowest BCUT2D eigenvalue weighted by Gasteiger charge is -1.99. The van der Waals surface area contributed by atoms with E-state index < -0.39 is 0 Å². The summed E-state index contributed by atoms with van der Waals surface area (Å²) in [5.41, 5.74) is 2.43. The van der Waals surface area contributed by atoms with Gasteiger partial charge in [-0.15, -0.1) is 17.0 Å². The highest BCUT2D eigenvalue weighted by molar-refractivity contribution is 8.93. The average Bonchev–Trinajstić information content (AvgIpc) is 2.82. The number of halogens is 1. The first-order valence-corrected chi connectivity index (χ1v) is 6.97. The third-order valence-electron chi connectivity index (χ3n) is 2.65. The van der Waals surface area contributed by atoms with Gasteiger partial charge in [-0.25, -0.2) is 9.97 Å². The highest BCUT2D eigenvalue weighted by Crippen LogP contribution is 2.17. The second-order valence-electron chi connectivity index (χ2n) is 4.04. The zero-order valence-electron chi connectivity index (χ0n) is 10.3. The molecular weight excluding hydrogens is 322 g/mol. The molecule has 19 heavy (non-hydrogen) atoms. The topological polar surface area (TPSA) is 30.2 Å². The van der Waals surface area contributed by atoms with Crippen molar-refractivity contribution < 1.29 is 0 Å². The molecule has 0 aliphatic carbocycles. The zero-order chi connectivity index (χ0) is 12.2. The number of nitrogens with zero attached hydrogens (tertiary/aromatic N) is 3. The molecule has 0 unspecified atom stereocenters. The lowest BCUT2D eigenvalue weighted by atomic mass is 10.2. The lowest BCUT2D eigenvalue weighted by molar-refractivity contribution is 1.11. The summed E-state index contributed by atoms with van der Waals surface area (Å²) in [6.45, 7) is 0. The fourth-order valence-electron chi connectivity index (χ4n) is 1.80. The van der Waals surface area contributed by atoms with Crippen molar-refractivity contribution in [3.63, 3.8) is 0 Å². The molecule has 0 atom stereocenters. The molecule has 0 radical (unpaired) electrons. The van der Waals surface area contributed by atoms with E-state index in [1.807, 2.05) is 40.7 Å². The first kappa shape index (κ1) is 14.1. The largest absolute Gasteiger partial charge is 0.291 e. The number of fused-ring (bicyclic) bond motifs is 1. The van der Waals surface area contributed by atoms with E-state index >= 15 is 0 Å². The summed E-state index contributed by atoms with van der Waals surface area (Å²) in [4.78, 5) is 8.69. The quantitative estimate of drug-likeness (QED) is 0.727. The van der Waals surface area contributed by atoms with Crippen LogP contribution in [0.15, 0.2) is 55.0 Å². The van der Waals surface area contributed by atoms with Crippen LogP contribution >= 0.6 is 28.7 Å². The summed E-state index contributed by atoms with van der Waals surface area (Å²) in [5, 5.41) is 0. The van der Waals surface area contributed by atoms with Crippen LogP contribution in [0.3, 0.4) is 0 Å². The molecule has 0 saturated carbocycles. The number of hydrogen-bond donors (Lipinski definition) is 0. The van der Waals surface area contributed by atoms with Gasteiger partial charge in [-0.1, -0.05) is 30.3 Å². The Labute approximate surface area is 126 Å². The highest BCUT2D eigenvalue weighted by Gasteiger charge is 2.02. The van der Waals surface area contributed by atoms with Crippen molar-refractivity contribution in [2.24, 2.45) is 0 Å². The van der Waals surface area contributed by atoms with Crippen molar-refractivity contribution in [3.05, 3.63) is 66.2 Å². The van der Waals surface area contributed by atoms with E-state index in [-0.39, 0.29) is 17.0 Å². The molecule has 3 aromatic rings. The fraction of sp³-hybridized carbons (Fsp3) is 0.143. The maximum Gasteiger partial charge on any atom is 0.233 e. The summed E-state index contributed by atoms with van der Waals surface area (Å²) >= 11 is 1.87. The van der Waals surface area contributed by atoms with Crippen LogP contribution in [0.5, 0.6) is 0 Å². The summed E-state index contributed by atoms with van der Waals surface area (Å²) in [6, 6.07) is 12.4. The smallest absolute Gasteiger partial charge is 0.233 e. The van der Waals surface area contributed by atoms with Crippen LogP contribution in [-0.4, -0.2) is 14.4 Å². The van der Waals surface area contributed by atoms with Crippen LogP contribution < -0.4 is 0 Å². The summed E-state index contributed by atoms with van der Waals surface area (Å²) in [7, 11) is 0. The van der Waals surface area contributed by atoms with Gasteiger partial charge in [-0.3, -0.25) is 4.40 Å². The highest BCUT2D eigenvalue weighted by atomic mass is 79.9. The fourth-order valence-corrected chi connectivity index (χ4v) is 2.68. The maximum atomic E-state index is 4.47. The van der Waals surface area contributed by atoms with Gasteiger partial charge in [0.05, 0.1) is 5.69 Å². The molecule has 3 rings (SSSR count). The van der Waals surface area contributed by atoms with Gasteiger partial charge in [0.1, 0.15) is 0 Å². The minimum atomic E-state index is 0. The van der Waals surface area contributed by atoms with Crippen molar-refractivity contribution >= 4 is 34.5 Å². The van der Waals surface area contributed by atoms with Crippen molar-refractivity contribution in [2.45, 2.75) is 11.5 Å². The normalized spacial score (nSPS) is 10.3. The van der Waals surface area contributed by atoms with Crippen LogP contribution in [0.4, 0.5) is 0 Å². The molecule has 3 nitrogen and oxygen atoms in total. The van der Waals surface area contributed by atoms with Gasteiger partial charge >= 0.3 is 0 Å². The third kappa shape index (κ3) is 3.58. The molecule has 0 N–H and O–H groups in total. The number of imidazole rings is 1. The Kier molecular flexibility index (Phi) is 4.99. The number of benzene rings is 1. The van der Waals surface area contributed by atoms with Crippen molar-refractivity contribution in [1.29, 1.82) is 0 Å². The zero-order valence-corrected chi connectivity index (χ0v) is 12.8. The molecule has 0 aliphatic heterocycles. The van der Waals surface area contributed by atoms with Gasteiger partial charge < -0.3 is 0 Å². The number of rotatable bonds is 4. The van der Waals surface area contributed by atoms with Crippen molar-refractivity contribution in [1.82, 2.24) is 14.4 Å². The maximum absolute atomic E-state index is 4.47. The van der Waals surface area contributed by atoms with E-state index in [1.165, 1.54) is 5.56 Å². The number of hydrogen-bond acceptors (Lipinski definition) is 3. The van der Waals surface area contributed by atoms with Crippen LogP contribution in [0.1, 0.15) is 11.3 Å². The molecule has 0 aliphatic rings. The minimum Gasteiger partial charge on any atom is -0.291 e. The second-order valence-corrected chi connectivity index (χ2v) is 5.02. The van der Waals surface area contributed by atoms with Gasteiger partial charge in [0.25, 0.3) is 0 Å². The second kappa shape index (κ2) is 6.73. The predicted molar refractivity (Wildman–Crippen MR) is 84.8 cm³/mol. The molecular formula is C14H14BrN3S. The summed E-state index contributed by atoms with van der Waals surface area (Å²) < 4.78 is 1.96. The molecule has 0 amide bonds. The van der Waals surface area contributed by atoms with E-state index in [1.54, 1.807) is 6.20 Å². The van der Waals surface area contributed by atoms with Crippen LogP contribution in [0, 0.1) is 0 Å². The lowest BCUT2D eigenvalue weighted by Crippen LogP contribution is -1.83. The molecule has 98 valence electrons. The Bertz CT molecular complexity index is 606. The Morgan fingerprint density at radius 2 is 1.89 bits per heavy atom. The summed E-state index contributed by atoms with van der Waals surface area (Å²) in [6.07, 6.45) is 5.78. The first-order chi connectivity index (χ1) is 8.92. The van der Waals surface area contributed by atoms with Crippen LogP contribution in [0.25, 0.3) is 5.78 Å². The van der Waals surface area contributed by atoms with Crippen LogP contribution in [0.2, 0.25) is 0 Å². The average molecular weight is 336 g/mol. The minimum absolute atomic E-state index is 0. The molecule has 0 bridgehead atoms. The Hall–Kier alpha value is -1.33. The van der Waals surface area contributed by atoms with E-state index in [0.29, 0.717) is 0 Å². The number of aromatic nitrogens is 3. The van der Waals surface area contributed by atoms with E-state index in [0.717, 1.165) is 23.0 Å². The summed E-state index contributed by atoms with van der Waals surface area (Å²) in [5.74, 6) is 2.70. The Balaban J connectivity index is 0.00000133.